The predicted octanol–water partition coefficient (Wildman–Crippen LogP) is 1.93. The van der Waals surface area contributed by atoms with Gasteiger partial charge in [-0.1, -0.05) is 35.2 Å². The highest BCUT2D eigenvalue weighted by Gasteiger charge is 2.55. The molecule has 0 radical (unpaired) electrons. The van der Waals surface area contributed by atoms with Crippen LogP contribution in [0, 0.1) is 12.3 Å². The van der Waals surface area contributed by atoms with Crippen LogP contribution in [0.25, 0.3) is 0 Å². The zero-order valence-electron chi connectivity index (χ0n) is 10.8. The van der Waals surface area contributed by atoms with Crippen LogP contribution in [0.1, 0.15) is 5.56 Å². The van der Waals surface area contributed by atoms with E-state index in [9.17, 15) is 14.6 Å². The Morgan fingerprint density at radius 1 is 1.48 bits per heavy atom. The van der Waals surface area contributed by atoms with Crippen LogP contribution in [0.2, 0.25) is 10.0 Å². The Labute approximate surface area is 131 Å². The van der Waals surface area contributed by atoms with Crippen LogP contribution in [-0.2, 0) is 16.1 Å². The summed E-state index contributed by atoms with van der Waals surface area (Å²) in [6.07, 6.45) is 0.121. The van der Waals surface area contributed by atoms with Crippen LogP contribution >= 0.6 is 23.2 Å². The molecule has 0 saturated carbocycles. The average molecular weight is 335 g/mol. The van der Waals surface area contributed by atoms with Gasteiger partial charge in [0.1, 0.15) is 6.10 Å². The van der Waals surface area contributed by atoms with Crippen LogP contribution in [-0.4, -0.2) is 41.0 Å². The minimum absolute atomic E-state index is 0.104. The van der Waals surface area contributed by atoms with Crippen molar-refractivity contribution in [3.63, 3.8) is 0 Å². The maximum atomic E-state index is 13.9. The lowest BCUT2D eigenvalue weighted by atomic mass is 9.98. The third kappa shape index (κ3) is 3.32. The van der Waals surface area contributed by atoms with Gasteiger partial charge in [0.05, 0.1) is 13.2 Å². The number of aliphatic hydroxyl groups excluding tert-OH is 1. The molecule has 0 spiro atoms. The van der Waals surface area contributed by atoms with Gasteiger partial charge in [-0.15, -0.1) is 6.42 Å². The van der Waals surface area contributed by atoms with E-state index in [4.69, 9.17) is 39.1 Å². The first-order valence-corrected chi connectivity index (χ1v) is 6.83. The number of alkyl halides is 1. The van der Waals surface area contributed by atoms with Gasteiger partial charge < -0.3 is 19.7 Å². The number of aliphatic hydroxyl groups is 2. The molecule has 0 amide bonds. The summed E-state index contributed by atoms with van der Waals surface area (Å²) in [7, 11) is 0. The second-order valence-corrected chi connectivity index (χ2v) is 5.49. The minimum atomic E-state index is -2.36. The third-order valence-corrected chi connectivity index (χ3v) is 3.80. The highest BCUT2D eigenvalue weighted by atomic mass is 35.5. The van der Waals surface area contributed by atoms with Gasteiger partial charge in [0.2, 0.25) is 5.60 Å². The van der Waals surface area contributed by atoms with E-state index >= 15 is 0 Å². The van der Waals surface area contributed by atoms with Gasteiger partial charge in [-0.05, 0) is 17.7 Å². The van der Waals surface area contributed by atoms with E-state index < -0.39 is 24.2 Å². The number of rotatable bonds is 4. The number of ether oxygens (including phenoxy) is 2. The van der Waals surface area contributed by atoms with Crippen molar-refractivity contribution in [1.29, 1.82) is 0 Å². The lowest BCUT2D eigenvalue weighted by molar-refractivity contribution is -0.156. The second kappa shape index (κ2) is 6.49. The molecule has 2 N–H and O–H groups in total. The van der Waals surface area contributed by atoms with Gasteiger partial charge in [-0.2, -0.15) is 0 Å². The molecule has 1 aromatic carbocycles. The Hall–Kier alpha value is -0.870. The van der Waals surface area contributed by atoms with Crippen molar-refractivity contribution in [2.24, 2.45) is 0 Å². The smallest absolute Gasteiger partial charge is 0.210 e. The molecule has 1 saturated heterocycles. The van der Waals surface area contributed by atoms with Gasteiger partial charge in [0.15, 0.2) is 12.5 Å². The SMILES string of the molecule is C#C[C@]1(O)C(O)O[C@H](COCc2ccc(Cl)cc2Cl)[C@H]1F. The molecule has 1 aromatic rings. The van der Waals surface area contributed by atoms with Crippen molar-refractivity contribution < 1.29 is 24.1 Å². The van der Waals surface area contributed by atoms with Crippen LogP contribution < -0.4 is 0 Å². The first-order valence-electron chi connectivity index (χ1n) is 6.08. The van der Waals surface area contributed by atoms with Crippen molar-refractivity contribution in [2.45, 2.75) is 30.8 Å². The normalized spacial score (nSPS) is 32.1. The largest absolute Gasteiger partial charge is 0.374 e. The lowest BCUT2D eigenvalue weighted by Crippen LogP contribution is -2.45. The van der Waals surface area contributed by atoms with E-state index in [0.29, 0.717) is 15.6 Å². The van der Waals surface area contributed by atoms with Gasteiger partial charge >= 0.3 is 0 Å². The van der Waals surface area contributed by atoms with Crippen molar-refractivity contribution in [3.8, 4) is 12.3 Å². The van der Waals surface area contributed by atoms with Gasteiger partial charge in [0.25, 0.3) is 0 Å². The zero-order chi connectivity index (χ0) is 15.6. The topological polar surface area (TPSA) is 58.9 Å². The van der Waals surface area contributed by atoms with Crippen molar-refractivity contribution in [3.05, 3.63) is 33.8 Å². The fourth-order valence-electron chi connectivity index (χ4n) is 1.96. The fraction of sp³-hybridized carbons (Fsp3) is 0.429. The Morgan fingerprint density at radius 3 is 2.76 bits per heavy atom. The molecule has 2 rings (SSSR count). The quantitative estimate of drug-likeness (QED) is 0.826. The van der Waals surface area contributed by atoms with Gasteiger partial charge in [-0.25, -0.2) is 4.39 Å². The van der Waals surface area contributed by atoms with Crippen molar-refractivity contribution in [2.75, 3.05) is 6.61 Å². The molecule has 1 unspecified atom stereocenters. The Morgan fingerprint density at radius 2 is 2.19 bits per heavy atom. The Kier molecular flexibility index (Phi) is 5.10. The summed E-state index contributed by atoms with van der Waals surface area (Å²) < 4.78 is 24.1. The fourth-order valence-corrected chi connectivity index (χ4v) is 2.42. The van der Waals surface area contributed by atoms with E-state index in [1.54, 1.807) is 18.2 Å². The Balaban J connectivity index is 1.91. The first-order chi connectivity index (χ1) is 9.88. The number of halogens is 3. The summed E-state index contributed by atoms with van der Waals surface area (Å²) in [6.45, 7) is -0.0890. The summed E-state index contributed by atoms with van der Waals surface area (Å²) in [4.78, 5) is 0. The molecule has 1 aliphatic rings. The lowest BCUT2D eigenvalue weighted by Gasteiger charge is -2.20. The van der Waals surface area contributed by atoms with E-state index in [2.05, 4.69) is 0 Å². The summed E-state index contributed by atoms with van der Waals surface area (Å²) in [5.41, 5.74) is -1.69. The summed E-state index contributed by atoms with van der Waals surface area (Å²) in [5, 5.41) is 20.1. The van der Waals surface area contributed by atoms with Crippen molar-refractivity contribution in [1.82, 2.24) is 0 Å². The molecule has 0 bridgehead atoms. The molecule has 1 aliphatic heterocycles. The average Bonchev–Trinajstić information content (AvgIpc) is 2.66. The Bertz CT molecular complexity index is 562. The van der Waals surface area contributed by atoms with E-state index in [1.165, 1.54) is 0 Å². The molecule has 0 aliphatic carbocycles. The molecular formula is C14H13Cl2FO4. The van der Waals surface area contributed by atoms with Crippen LogP contribution in [0.15, 0.2) is 18.2 Å². The summed E-state index contributed by atoms with van der Waals surface area (Å²) in [6, 6.07) is 4.89. The highest BCUT2D eigenvalue weighted by molar-refractivity contribution is 6.35. The predicted molar refractivity (Wildman–Crippen MR) is 75.7 cm³/mol. The monoisotopic (exact) mass is 334 g/mol. The van der Waals surface area contributed by atoms with Gasteiger partial charge in [0, 0.05) is 10.0 Å². The number of hydrogen-bond acceptors (Lipinski definition) is 4. The molecule has 1 heterocycles. The number of hydrogen-bond donors (Lipinski definition) is 2. The molecule has 0 aromatic heterocycles. The maximum Gasteiger partial charge on any atom is 0.210 e. The molecule has 4 atom stereocenters. The van der Waals surface area contributed by atoms with Crippen LogP contribution in [0.3, 0.4) is 0 Å². The van der Waals surface area contributed by atoms with E-state index in [0.717, 1.165) is 0 Å². The molecule has 1 fully saturated rings. The molecule has 4 nitrogen and oxygen atoms in total. The molecule has 21 heavy (non-hydrogen) atoms. The standard InChI is InChI=1S/C14H13Cl2FO4/c1-2-14(19)12(17)11(21-13(14)18)7-20-6-8-3-4-9(15)5-10(8)16/h1,3-5,11-13,18-19H,6-7H2/t11-,12-,13?,14-/m1/s1. The molecule has 7 heteroatoms. The second-order valence-electron chi connectivity index (χ2n) is 4.65. The van der Waals surface area contributed by atoms with Crippen LogP contribution in [0.5, 0.6) is 0 Å². The van der Waals surface area contributed by atoms with Crippen LogP contribution in [0.4, 0.5) is 4.39 Å². The summed E-state index contributed by atoms with van der Waals surface area (Å²) >= 11 is 11.7. The number of benzene rings is 1. The number of terminal acetylenes is 1. The molecular weight excluding hydrogens is 322 g/mol. The van der Waals surface area contributed by atoms with E-state index in [1.807, 2.05) is 5.92 Å². The van der Waals surface area contributed by atoms with Crippen molar-refractivity contribution >= 4 is 23.2 Å². The summed E-state index contributed by atoms with van der Waals surface area (Å²) in [5.74, 6) is 1.81. The minimum Gasteiger partial charge on any atom is -0.374 e. The third-order valence-electron chi connectivity index (χ3n) is 3.21. The maximum absolute atomic E-state index is 13.9. The first kappa shape index (κ1) is 16.5. The van der Waals surface area contributed by atoms with E-state index in [-0.39, 0.29) is 13.2 Å². The zero-order valence-corrected chi connectivity index (χ0v) is 12.3. The van der Waals surface area contributed by atoms with Gasteiger partial charge in [-0.3, -0.25) is 0 Å². The highest BCUT2D eigenvalue weighted by Crippen LogP contribution is 2.32. The molecule has 114 valence electrons.